The highest BCUT2D eigenvalue weighted by Crippen LogP contribution is 2.16. The number of carbonyl (C=O) groups excluding carboxylic acids is 2. The maximum atomic E-state index is 13.1. The predicted octanol–water partition coefficient (Wildman–Crippen LogP) is 14.4. The van der Waals surface area contributed by atoms with Crippen LogP contribution in [-0.2, 0) is 14.3 Å². The van der Waals surface area contributed by atoms with Gasteiger partial charge in [-0.05, 0) is 44.9 Å². The molecule has 59 heavy (non-hydrogen) atoms. The Morgan fingerprint density at radius 3 is 1.44 bits per heavy atom. The number of allylic oxidation sites excluding steroid dienone is 13. The van der Waals surface area contributed by atoms with E-state index >= 15 is 0 Å². The third-order valence-electron chi connectivity index (χ3n) is 10.6. The highest BCUT2D eigenvalue weighted by atomic mass is 16.5. The molecule has 0 aromatic heterocycles. The van der Waals surface area contributed by atoms with Crippen LogP contribution >= 0.6 is 0 Å². The van der Waals surface area contributed by atoms with Crippen molar-refractivity contribution in [2.75, 3.05) is 6.61 Å². The normalized spacial score (nSPS) is 14.1. The number of hydrogen-bond donors (Lipinski definition) is 3. The molecule has 338 valence electrons. The average Bonchev–Trinajstić information content (AvgIpc) is 3.23. The molecule has 3 atom stereocenters. The first-order chi connectivity index (χ1) is 29.0. The van der Waals surface area contributed by atoms with Gasteiger partial charge >= 0.3 is 5.97 Å². The van der Waals surface area contributed by atoms with Crippen molar-refractivity contribution in [2.24, 2.45) is 0 Å². The van der Waals surface area contributed by atoms with Crippen molar-refractivity contribution in [3.63, 3.8) is 0 Å². The Kier molecular flexibility index (Phi) is 43.8. The van der Waals surface area contributed by atoms with Crippen molar-refractivity contribution in [1.29, 1.82) is 0 Å². The van der Waals surface area contributed by atoms with E-state index in [2.05, 4.69) is 56.5 Å². The van der Waals surface area contributed by atoms with Crippen LogP contribution in [0.5, 0.6) is 0 Å². The highest BCUT2D eigenvalue weighted by Gasteiger charge is 2.23. The minimum atomic E-state index is -0.825. The fraction of sp³-hybridized carbons (Fsp3) is 0.698. The number of ether oxygens (including phenoxy) is 1. The molecule has 0 saturated heterocycles. The van der Waals surface area contributed by atoms with Crippen LogP contribution in [0.4, 0.5) is 0 Å². The van der Waals surface area contributed by atoms with Gasteiger partial charge in [-0.1, -0.05) is 234 Å². The number of aliphatic hydroxyl groups is 2. The zero-order valence-electron chi connectivity index (χ0n) is 38.4. The summed E-state index contributed by atoms with van der Waals surface area (Å²) in [6.07, 6.45) is 59.5. The molecule has 3 N–H and O–H groups in total. The molecule has 0 bridgehead atoms. The van der Waals surface area contributed by atoms with Gasteiger partial charge < -0.3 is 20.3 Å². The van der Waals surface area contributed by atoms with Crippen LogP contribution in [0.2, 0.25) is 0 Å². The molecule has 0 aliphatic heterocycles. The summed E-state index contributed by atoms with van der Waals surface area (Å²) in [6, 6.07) is -0.748. The van der Waals surface area contributed by atoms with E-state index in [-0.39, 0.29) is 24.9 Å². The standard InChI is InChI=1S/C53H91NO5/c1-4-7-10-13-16-19-22-24-25-26-28-31-34-37-40-43-46-53(58)59-49(44-41-38-35-32-29-21-18-15-12-9-6-3)47-52(57)54-50(48-55)51(56)45-42-39-36-33-30-27-23-20-17-14-11-8-5-2/h9,12,15,18,21,25-26,28-29,31-32,35,38,41,49-51,55-56H,4-8,10-11,13-14,16-17,19-20,22-24,27,30,33-34,36-37,39-40,42-48H2,1-3H3,(H,54,57)/b12-9+,18-15+,26-25+,29-21-,31-28+,35-32-,41-38+. The lowest BCUT2D eigenvalue weighted by atomic mass is 10.0. The zero-order chi connectivity index (χ0) is 43.1. The monoisotopic (exact) mass is 822 g/mol. The first-order valence-electron chi connectivity index (χ1n) is 24.4. The largest absolute Gasteiger partial charge is 0.461 e. The summed E-state index contributed by atoms with van der Waals surface area (Å²) < 4.78 is 5.81. The molecule has 0 spiro atoms. The zero-order valence-corrected chi connectivity index (χ0v) is 38.4. The van der Waals surface area contributed by atoms with Crippen molar-refractivity contribution in [2.45, 2.75) is 232 Å². The third kappa shape index (κ3) is 41.6. The molecule has 0 radical (unpaired) electrons. The van der Waals surface area contributed by atoms with Crippen molar-refractivity contribution in [1.82, 2.24) is 5.32 Å². The molecule has 6 nitrogen and oxygen atoms in total. The first kappa shape index (κ1) is 56.0. The molecule has 0 saturated carbocycles. The molecular weight excluding hydrogens is 731 g/mol. The van der Waals surface area contributed by atoms with Gasteiger partial charge in [-0.2, -0.15) is 0 Å². The van der Waals surface area contributed by atoms with Crippen LogP contribution in [0.25, 0.3) is 0 Å². The topological polar surface area (TPSA) is 95.9 Å². The maximum absolute atomic E-state index is 13.1. The van der Waals surface area contributed by atoms with E-state index in [4.69, 9.17) is 4.74 Å². The molecule has 0 aromatic carbocycles. The van der Waals surface area contributed by atoms with Crippen LogP contribution in [0, 0.1) is 0 Å². The minimum Gasteiger partial charge on any atom is -0.461 e. The van der Waals surface area contributed by atoms with E-state index in [9.17, 15) is 19.8 Å². The van der Waals surface area contributed by atoms with Gasteiger partial charge in [-0.15, -0.1) is 0 Å². The average molecular weight is 822 g/mol. The second-order valence-corrected chi connectivity index (χ2v) is 16.3. The predicted molar refractivity (Wildman–Crippen MR) is 254 cm³/mol. The number of nitrogens with one attached hydrogen (secondary N) is 1. The molecule has 0 aliphatic carbocycles. The van der Waals surface area contributed by atoms with E-state index in [1.807, 2.05) is 54.7 Å². The van der Waals surface area contributed by atoms with Gasteiger partial charge in [0.05, 0.1) is 25.2 Å². The Bertz CT molecular complexity index is 1150. The summed E-state index contributed by atoms with van der Waals surface area (Å²) in [5, 5.41) is 23.6. The summed E-state index contributed by atoms with van der Waals surface area (Å²) in [5.74, 6) is -0.645. The number of carbonyl (C=O) groups is 2. The smallest absolute Gasteiger partial charge is 0.306 e. The summed E-state index contributed by atoms with van der Waals surface area (Å²) in [7, 11) is 0. The number of aliphatic hydroxyl groups excluding tert-OH is 2. The fourth-order valence-electron chi connectivity index (χ4n) is 6.91. The van der Waals surface area contributed by atoms with E-state index in [0.29, 0.717) is 19.3 Å². The molecule has 3 unspecified atom stereocenters. The maximum Gasteiger partial charge on any atom is 0.306 e. The molecule has 0 heterocycles. The van der Waals surface area contributed by atoms with E-state index in [1.54, 1.807) is 0 Å². The second kappa shape index (κ2) is 46.1. The number of esters is 1. The SMILES string of the molecule is CC/C=C/C=C/C=C\C=C/C=C/CC(CC(=O)NC(CO)C(O)CCCCCCCCCCCCCCC)OC(=O)CCCCC/C=C/C=C/CCCCCCCCC. The summed E-state index contributed by atoms with van der Waals surface area (Å²) in [4.78, 5) is 26.0. The van der Waals surface area contributed by atoms with Crippen LogP contribution < -0.4 is 5.32 Å². The number of hydrogen-bond acceptors (Lipinski definition) is 5. The molecule has 0 rings (SSSR count). The van der Waals surface area contributed by atoms with Gasteiger partial charge in [0.15, 0.2) is 0 Å². The van der Waals surface area contributed by atoms with E-state index in [1.165, 1.54) is 109 Å². The lowest BCUT2D eigenvalue weighted by molar-refractivity contribution is -0.150. The van der Waals surface area contributed by atoms with Gasteiger partial charge in [0.25, 0.3) is 0 Å². The Morgan fingerprint density at radius 1 is 0.525 bits per heavy atom. The Morgan fingerprint density at radius 2 is 0.949 bits per heavy atom. The fourth-order valence-corrected chi connectivity index (χ4v) is 6.91. The second-order valence-electron chi connectivity index (χ2n) is 16.3. The Balaban J connectivity index is 4.72. The quantitative estimate of drug-likeness (QED) is 0.0324. The number of amides is 1. The van der Waals surface area contributed by atoms with E-state index in [0.717, 1.165) is 57.8 Å². The van der Waals surface area contributed by atoms with Crippen molar-refractivity contribution in [3.8, 4) is 0 Å². The lowest BCUT2D eigenvalue weighted by Crippen LogP contribution is -2.46. The van der Waals surface area contributed by atoms with Crippen molar-refractivity contribution in [3.05, 3.63) is 85.1 Å². The Hall–Kier alpha value is -2.96. The minimum absolute atomic E-state index is 0.0327. The third-order valence-corrected chi connectivity index (χ3v) is 10.6. The molecule has 6 heteroatoms. The highest BCUT2D eigenvalue weighted by molar-refractivity contribution is 5.77. The molecule has 0 fully saturated rings. The van der Waals surface area contributed by atoms with Gasteiger partial charge in [0, 0.05) is 12.8 Å². The van der Waals surface area contributed by atoms with Crippen molar-refractivity contribution >= 4 is 11.9 Å². The van der Waals surface area contributed by atoms with Crippen molar-refractivity contribution < 1.29 is 24.5 Å². The first-order valence-corrected chi connectivity index (χ1v) is 24.4. The number of unbranched alkanes of at least 4 members (excludes halogenated alkanes) is 22. The van der Waals surface area contributed by atoms with Crippen LogP contribution in [0.15, 0.2) is 85.1 Å². The van der Waals surface area contributed by atoms with Gasteiger partial charge in [0.1, 0.15) is 6.10 Å². The summed E-state index contributed by atoms with van der Waals surface area (Å²) in [6.45, 7) is 6.27. The lowest BCUT2D eigenvalue weighted by Gasteiger charge is -2.24. The van der Waals surface area contributed by atoms with E-state index < -0.39 is 18.2 Å². The summed E-state index contributed by atoms with van der Waals surface area (Å²) in [5.41, 5.74) is 0. The molecule has 1 amide bonds. The summed E-state index contributed by atoms with van der Waals surface area (Å²) >= 11 is 0. The van der Waals surface area contributed by atoms with Gasteiger partial charge in [-0.25, -0.2) is 0 Å². The molecule has 0 aromatic rings. The van der Waals surface area contributed by atoms with Gasteiger partial charge in [0.2, 0.25) is 5.91 Å². The van der Waals surface area contributed by atoms with Crippen LogP contribution in [-0.4, -0.2) is 46.9 Å². The van der Waals surface area contributed by atoms with Gasteiger partial charge in [-0.3, -0.25) is 9.59 Å². The Labute approximate surface area is 363 Å². The molecule has 0 aliphatic rings. The van der Waals surface area contributed by atoms with Crippen LogP contribution in [0.3, 0.4) is 0 Å². The molecular formula is C53H91NO5. The van der Waals surface area contributed by atoms with Crippen LogP contribution in [0.1, 0.15) is 213 Å². The number of rotatable bonds is 42.